The Balaban J connectivity index is 0.000000671. The van der Waals surface area contributed by atoms with Gasteiger partial charge in [0.25, 0.3) is 0 Å². The summed E-state index contributed by atoms with van der Waals surface area (Å²) in [6.07, 6.45) is 1.71. The van der Waals surface area contributed by atoms with Crippen LogP contribution in [0.15, 0.2) is 30.5 Å². The van der Waals surface area contributed by atoms with Crippen molar-refractivity contribution in [3.05, 3.63) is 37.3 Å². The summed E-state index contributed by atoms with van der Waals surface area (Å²) in [6, 6.07) is 0. The van der Waals surface area contributed by atoms with E-state index in [0.717, 1.165) is 16.9 Å². The Morgan fingerprint density at radius 2 is 2.00 bits per heavy atom. The molecule has 0 aliphatic rings. The summed E-state index contributed by atoms with van der Waals surface area (Å²) in [7, 11) is 0. The minimum absolute atomic E-state index is 0.418. The highest BCUT2D eigenvalue weighted by atomic mass is 16.5. The first-order chi connectivity index (χ1) is 6.13. The molecule has 1 aromatic rings. The summed E-state index contributed by atoms with van der Waals surface area (Å²) in [5.74, 6) is 1.25. The first-order valence-electron chi connectivity index (χ1n) is 4.23. The molecule has 0 atom stereocenters. The van der Waals surface area contributed by atoms with Crippen molar-refractivity contribution < 1.29 is 4.52 Å². The second-order valence-corrected chi connectivity index (χ2v) is 3.02. The van der Waals surface area contributed by atoms with Gasteiger partial charge in [0.2, 0.25) is 0 Å². The van der Waals surface area contributed by atoms with Crippen LogP contribution in [0.1, 0.15) is 25.2 Å². The number of nitrogens with zero attached hydrogens (tertiary/aromatic N) is 1. The number of hydrogen-bond acceptors (Lipinski definition) is 2. The first-order valence-corrected chi connectivity index (χ1v) is 4.23. The molecule has 0 bridgehead atoms. The van der Waals surface area contributed by atoms with Crippen LogP contribution in [0, 0.1) is 12.8 Å². The van der Waals surface area contributed by atoms with Crippen LogP contribution >= 0.6 is 0 Å². The van der Waals surface area contributed by atoms with E-state index in [0.29, 0.717) is 5.92 Å². The Hall–Kier alpha value is -1.31. The highest BCUT2D eigenvalue weighted by Gasteiger charge is 2.10. The molecule has 2 heteroatoms. The number of rotatable bonds is 2. The molecule has 0 fully saturated rings. The summed E-state index contributed by atoms with van der Waals surface area (Å²) in [5.41, 5.74) is 2.07. The molecule has 2 nitrogen and oxygen atoms in total. The molecule has 0 aliphatic heterocycles. The average molecular weight is 179 g/mol. The van der Waals surface area contributed by atoms with E-state index >= 15 is 0 Å². The van der Waals surface area contributed by atoms with E-state index in [9.17, 15) is 0 Å². The number of aromatic nitrogens is 1. The smallest absolute Gasteiger partial charge is 0.165 e. The van der Waals surface area contributed by atoms with Gasteiger partial charge in [-0.1, -0.05) is 25.6 Å². The van der Waals surface area contributed by atoms with Gasteiger partial charge in [-0.05, 0) is 18.4 Å². The van der Waals surface area contributed by atoms with Gasteiger partial charge >= 0.3 is 0 Å². The van der Waals surface area contributed by atoms with Gasteiger partial charge in [-0.25, -0.2) is 0 Å². The van der Waals surface area contributed by atoms with E-state index in [4.69, 9.17) is 4.52 Å². The maximum Gasteiger partial charge on any atom is 0.165 e. The van der Waals surface area contributed by atoms with Gasteiger partial charge in [-0.15, -0.1) is 13.2 Å². The highest BCUT2D eigenvalue weighted by molar-refractivity contribution is 5.62. The van der Waals surface area contributed by atoms with Crippen molar-refractivity contribution in [1.82, 2.24) is 5.16 Å². The minimum atomic E-state index is 0.418. The lowest BCUT2D eigenvalue weighted by Crippen LogP contribution is -1.91. The molecule has 13 heavy (non-hydrogen) atoms. The van der Waals surface area contributed by atoms with Crippen LogP contribution in [0.3, 0.4) is 0 Å². The second-order valence-electron chi connectivity index (χ2n) is 3.02. The van der Waals surface area contributed by atoms with E-state index in [-0.39, 0.29) is 0 Å². The molecule has 0 spiro atoms. The number of allylic oxidation sites excluding steroid dienone is 1. The molecule has 72 valence electrons. The normalized spacial score (nSPS) is 9.23. The average Bonchev–Trinajstić information content (AvgIpc) is 2.53. The lowest BCUT2D eigenvalue weighted by atomic mass is 10.0. The van der Waals surface area contributed by atoms with Crippen molar-refractivity contribution in [2.45, 2.75) is 20.8 Å². The topological polar surface area (TPSA) is 26.0 Å². The third-order valence-corrected chi connectivity index (χ3v) is 1.74. The minimum Gasteiger partial charge on any atom is -0.356 e. The third kappa shape index (κ3) is 2.90. The maximum absolute atomic E-state index is 5.04. The van der Waals surface area contributed by atoms with Gasteiger partial charge in [0, 0.05) is 5.56 Å². The number of aryl methyl sites for hydroxylation is 1. The van der Waals surface area contributed by atoms with Crippen LogP contribution < -0.4 is 0 Å². The molecule has 1 rings (SSSR count). The summed E-state index contributed by atoms with van der Waals surface area (Å²) < 4.78 is 5.04. The Bertz CT molecular complexity index is 273. The molecular weight excluding hydrogens is 162 g/mol. The lowest BCUT2D eigenvalue weighted by Gasteiger charge is -2.04. The fourth-order valence-corrected chi connectivity index (χ4v) is 0.863. The van der Waals surface area contributed by atoms with E-state index in [1.54, 1.807) is 6.20 Å². The zero-order valence-corrected chi connectivity index (χ0v) is 8.63. The second kappa shape index (κ2) is 5.36. The van der Waals surface area contributed by atoms with Crippen LogP contribution in [0.25, 0.3) is 5.57 Å². The fourth-order valence-electron chi connectivity index (χ4n) is 0.863. The van der Waals surface area contributed by atoms with Crippen LogP contribution in [0.4, 0.5) is 0 Å². The molecule has 1 heterocycles. The first kappa shape index (κ1) is 11.7. The monoisotopic (exact) mass is 179 g/mol. The molecular formula is C11H17NO. The standard InChI is InChI=1S/C9H13NO.C2H4/c1-6(2)8(4)9-7(3)5-10-11-9;1-2/h5-6H,4H2,1-3H3;1-2H2. The van der Waals surface area contributed by atoms with E-state index in [1.165, 1.54) is 0 Å². The third-order valence-electron chi connectivity index (χ3n) is 1.74. The van der Waals surface area contributed by atoms with Gasteiger partial charge < -0.3 is 4.52 Å². The van der Waals surface area contributed by atoms with Crippen LogP contribution in [0.2, 0.25) is 0 Å². The molecule has 0 amide bonds. The van der Waals surface area contributed by atoms with Gasteiger partial charge in [0.1, 0.15) is 0 Å². The van der Waals surface area contributed by atoms with Crippen molar-refractivity contribution in [3.63, 3.8) is 0 Å². The SMILES string of the molecule is C=C.C=C(c1oncc1C)C(C)C. The maximum atomic E-state index is 5.04. The molecule has 0 saturated carbocycles. The van der Waals surface area contributed by atoms with E-state index in [2.05, 4.69) is 38.7 Å². The lowest BCUT2D eigenvalue weighted by molar-refractivity contribution is 0.406. The van der Waals surface area contributed by atoms with Crippen molar-refractivity contribution in [2.75, 3.05) is 0 Å². The van der Waals surface area contributed by atoms with Crippen LogP contribution in [-0.4, -0.2) is 5.16 Å². The summed E-state index contributed by atoms with van der Waals surface area (Å²) in [6.45, 7) is 16.1. The Morgan fingerprint density at radius 3 is 2.31 bits per heavy atom. The zero-order chi connectivity index (χ0) is 10.4. The van der Waals surface area contributed by atoms with Gasteiger partial charge in [-0.3, -0.25) is 0 Å². The highest BCUT2D eigenvalue weighted by Crippen LogP contribution is 2.23. The fraction of sp³-hybridized carbons (Fsp3) is 0.364. The number of hydrogen-bond donors (Lipinski definition) is 0. The van der Waals surface area contributed by atoms with Crippen molar-refractivity contribution in [3.8, 4) is 0 Å². The van der Waals surface area contributed by atoms with Crippen molar-refractivity contribution in [1.29, 1.82) is 0 Å². The van der Waals surface area contributed by atoms with Crippen molar-refractivity contribution in [2.24, 2.45) is 5.92 Å². The quantitative estimate of drug-likeness (QED) is 0.650. The Kier molecular flexibility index (Phi) is 4.82. The predicted molar refractivity (Wildman–Crippen MR) is 56.4 cm³/mol. The Morgan fingerprint density at radius 1 is 1.46 bits per heavy atom. The zero-order valence-electron chi connectivity index (χ0n) is 8.63. The Labute approximate surface area is 79.9 Å². The molecule has 0 aromatic carbocycles. The summed E-state index contributed by atoms with van der Waals surface area (Å²) in [5, 5.41) is 3.69. The summed E-state index contributed by atoms with van der Waals surface area (Å²) in [4.78, 5) is 0. The molecule has 0 radical (unpaired) electrons. The van der Waals surface area contributed by atoms with Gasteiger partial charge in [0.15, 0.2) is 5.76 Å². The molecule has 0 unspecified atom stereocenters. The van der Waals surface area contributed by atoms with E-state index in [1.807, 2.05) is 6.92 Å². The van der Waals surface area contributed by atoms with E-state index < -0.39 is 0 Å². The molecule has 0 saturated heterocycles. The molecule has 0 N–H and O–H groups in total. The van der Waals surface area contributed by atoms with Crippen molar-refractivity contribution >= 4 is 5.57 Å². The predicted octanol–water partition coefficient (Wildman–Crippen LogP) is 3.45. The molecule has 0 aliphatic carbocycles. The largest absolute Gasteiger partial charge is 0.356 e. The van der Waals surface area contributed by atoms with Gasteiger partial charge in [-0.2, -0.15) is 0 Å². The van der Waals surface area contributed by atoms with Crippen LogP contribution in [0.5, 0.6) is 0 Å². The van der Waals surface area contributed by atoms with Gasteiger partial charge in [0.05, 0.1) is 6.20 Å². The molecule has 1 aromatic heterocycles. The summed E-state index contributed by atoms with van der Waals surface area (Å²) >= 11 is 0. The van der Waals surface area contributed by atoms with Crippen LogP contribution in [-0.2, 0) is 0 Å².